The summed E-state index contributed by atoms with van der Waals surface area (Å²) in [5, 5.41) is 0. The van der Waals surface area contributed by atoms with Crippen molar-refractivity contribution in [3.05, 3.63) is 0 Å². The third-order valence-electron chi connectivity index (χ3n) is 6.49. The summed E-state index contributed by atoms with van der Waals surface area (Å²) in [5.74, 6) is 0.234. The molecule has 0 spiro atoms. The second-order valence-corrected chi connectivity index (χ2v) is 9.66. The zero-order chi connectivity index (χ0) is 20.3. The number of esters is 2. The van der Waals surface area contributed by atoms with Gasteiger partial charge in [0.2, 0.25) is 6.23 Å². The Bertz CT molecular complexity index is 550. The number of hydrogen-bond donors (Lipinski definition) is 0. The van der Waals surface area contributed by atoms with Crippen molar-refractivity contribution in [2.45, 2.75) is 103 Å². The maximum absolute atomic E-state index is 13.0. The van der Waals surface area contributed by atoms with Crippen molar-refractivity contribution < 1.29 is 23.8 Å². The Balaban J connectivity index is 1.67. The number of carbonyl (C=O) groups excluding carboxylic acids is 2. The van der Waals surface area contributed by atoms with Gasteiger partial charge in [0.15, 0.2) is 0 Å². The number of rotatable bonds is 5. The van der Waals surface area contributed by atoms with Crippen molar-refractivity contribution in [2.75, 3.05) is 13.7 Å². The van der Waals surface area contributed by atoms with E-state index in [9.17, 15) is 9.59 Å². The van der Waals surface area contributed by atoms with Gasteiger partial charge in [0.1, 0.15) is 5.60 Å². The molecule has 6 heteroatoms. The van der Waals surface area contributed by atoms with E-state index < -0.39 is 11.8 Å². The maximum Gasteiger partial charge on any atom is 0.351 e. The molecule has 1 saturated heterocycles. The van der Waals surface area contributed by atoms with Crippen molar-refractivity contribution in [1.29, 1.82) is 0 Å². The van der Waals surface area contributed by atoms with Gasteiger partial charge in [-0.15, -0.1) is 0 Å². The lowest BCUT2D eigenvalue weighted by molar-refractivity contribution is -0.194. The number of ether oxygens (including phenoxy) is 3. The molecule has 0 aromatic heterocycles. The van der Waals surface area contributed by atoms with Gasteiger partial charge in [-0.3, -0.25) is 9.69 Å². The minimum absolute atomic E-state index is 0.0129. The predicted molar refractivity (Wildman–Crippen MR) is 106 cm³/mol. The van der Waals surface area contributed by atoms with Gasteiger partial charge in [-0.1, -0.05) is 12.8 Å². The van der Waals surface area contributed by atoms with Crippen LogP contribution in [0, 0.1) is 11.8 Å². The highest BCUT2D eigenvalue weighted by molar-refractivity contribution is 5.75. The highest BCUT2D eigenvalue weighted by Gasteiger charge is 2.44. The Kier molecular flexibility index (Phi) is 7.02. The molecule has 0 radical (unpaired) electrons. The molecule has 3 rings (SSSR count). The fourth-order valence-corrected chi connectivity index (χ4v) is 5.14. The van der Waals surface area contributed by atoms with E-state index in [4.69, 9.17) is 14.2 Å². The van der Waals surface area contributed by atoms with Crippen molar-refractivity contribution in [3.63, 3.8) is 0 Å². The summed E-state index contributed by atoms with van der Waals surface area (Å²) in [7, 11) is 1.44. The number of methoxy groups -OCH3 is 1. The highest BCUT2D eigenvalue weighted by Crippen LogP contribution is 2.39. The largest absolute Gasteiger partial charge is 0.469 e. The molecule has 2 aliphatic carbocycles. The average Bonchev–Trinajstić information content (AvgIpc) is 3.08. The van der Waals surface area contributed by atoms with E-state index in [1.54, 1.807) is 0 Å². The van der Waals surface area contributed by atoms with E-state index in [0.29, 0.717) is 12.0 Å². The van der Waals surface area contributed by atoms with Crippen LogP contribution in [0.3, 0.4) is 0 Å². The first-order chi connectivity index (χ1) is 13.3. The summed E-state index contributed by atoms with van der Waals surface area (Å²) in [5.41, 5.74) is -0.535. The summed E-state index contributed by atoms with van der Waals surface area (Å²) in [6, 6.07) is 0.428. The highest BCUT2D eigenvalue weighted by atomic mass is 16.6. The first kappa shape index (κ1) is 21.6. The number of likely N-dealkylation sites (tertiary alicyclic amines) is 1. The lowest BCUT2D eigenvalue weighted by Gasteiger charge is -2.39. The normalized spacial score (nSPS) is 32.4. The molecule has 28 heavy (non-hydrogen) atoms. The molecule has 0 aromatic carbocycles. The first-order valence-electron chi connectivity index (χ1n) is 11.0. The van der Waals surface area contributed by atoms with Gasteiger partial charge in [-0.05, 0) is 71.6 Å². The molecular weight excluding hydrogens is 358 g/mol. The molecule has 3 fully saturated rings. The molecule has 6 nitrogen and oxygen atoms in total. The van der Waals surface area contributed by atoms with Gasteiger partial charge in [-0.25, -0.2) is 4.79 Å². The average molecular weight is 396 g/mol. The summed E-state index contributed by atoms with van der Waals surface area (Å²) in [6.45, 7) is 6.60. The Morgan fingerprint density at radius 2 is 1.64 bits per heavy atom. The molecule has 1 aliphatic heterocycles. The first-order valence-corrected chi connectivity index (χ1v) is 11.0. The lowest BCUT2D eigenvalue weighted by atomic mass is 9.85. The van der Waals surface area contributed by atoms with E-state index in [-0.39, 0.29) is 24.0 Å². The molecule has 160 valence electrons. The number of hydrogen-bond acceptors (Lipinski definition) is 6. The Morgan fingerprint density at radius 1 is 0.964 bits per heavy atom. The van der Waals surface area contributed by atoms with Gasteiger partial charge < -0.3 is 14.2 Å². The van der Waals surface area contributed by atoms with E-state index in [0.717, 1.165) is 45.1 Å². The van der Waals surface area contributed by atoms with Crippen LogP contribution in [0.15, 0.2) is 0 Å². The molecule has 0 aromatic rings. The van der Waals surface area contributed by atoms with Crippen LogP contribution in [0.25, 0.3) is 0 Å². The monoisotopic (exact) mass is 395 g/mol. The van der Waals surface area contributed by atoms with Crippen LogP contribution >= 0.6 is 0 Å². The van der Waals surface area contributed by atoms with Gasteiger partial charge in [0.05, 0.1) is 19.1 Å². The molecule has 0 bridgehead atoms. The van der Waals surface area contributed by atoms with Gasteiger partial charge in [0.25, 0.3) is 0 Å². The molecule has 1 unspecified atom stereocenters. The molecule has 1 heterocycles. The topological polar surface area (TPSA) is 65.1 Å². The molecular formula is C22H37NO5. The minimum atomic E-state index is -0.632. The van der Waals surface area contributed by atoms with E-state index in [1.165, 1.54) is 26.4 Å². The van der Waals surface area contributed by atoms with Crippen molar-refractivity contribution >= 4 is 11.9 Å². The van der Waals surface area contributed by atoms with E-state index in [2.05, 4.69) is 4.90 Å². The van der Waals surface area contributed by atoms with Crippen LogP contribution in [-0.4, -0.2) is 54.5 Å². The summed E-state index contributed by atoms with van der Waals surface area (Å²) >= 11 is 0. The molecule has 3 aliphatic rings. The van der Waals surface area contributed by atoms with Gasteiger partial charge >= 0.3 is 11.9 Å². The zero-order valence-electron chi connectivity index (χ0n) is 17.9. The van der Waals surface area contributed by atoms with E-state index >= 15 is 0 Å². The lowest BCUT2D eigenvalue weighted by Crippen LogP contribution is -2.51. The second-order valence-electron chi connectivity index (χ2n) is 9.66. The number of carbonyl (C=O) groups is 2. The number of fused-ring (bicyclic) bond motifs is 1. The van der Waals surface area contributed by atoms with Crippen LogP contribution in [0.5, 0.6) is 0 Å². The number of nitrogens with zero attached hydrogens (tertiary/aromatic N) is 1. The van der Waals surface area contributed by atoms with Crippen LogP contribution in [-0.2, 0) is 23.8 Å². The van der Waals surface area contributed by atoms with Crippen molar-refractivity contribution in [1.82, 2.24) is 4.90 Å². The van der Waals surface area contributed by atoms with Gasteiger partial charge in [0, 0.05) is 12.6 Å². The van der Waals surface area contributed by atoms with Gasteiger partial charge in [-0.2, -0.15) is 0 Å². The quantitative estimate of drug-likeness (QED) is 0.662. The summed E-state index contributed by atoms with van der Waals surface area (Å²) < 4.78 is 17.0. The maximum atomic E-state index is 13.0. The Hall–Kier alpha value is -1.14. The standard InChI is InChI=1S/C22H37NO5/c1-22(2,3)28-21(25)19(23-14-13-15-7-5-6-8-18(15)23)27-17-11-9-16(10-12-17)20(24)26-4/h15-19H,5-14H2,1-4H3/t15-,16?,17?,18-,19?/m1/s1. The summed E-state index contributed by atoms with van der Waals surface area (Å²) in [6.07, 6.45) is 8.48. The molecule has 0 amide bonds. The second kappa shape index (κ2) is 9.12. The minimum Gasteiger partial charge on any atom is -0.469 e. The van der Waals surface area contributed by atoms with Crippen LogP contribution in [0.1, 0.15) is 78.6 Å². The van der Waals surface area contributed by atoms with Crippen molar-refractivity contribution in [3.8, 4) is 0 Å². The predicted octanol–water partition coefficient (Wildman–Crippen LogP) is 3.67. The third-order valence-corrected chi connectivity index (χ3v) is 6.49. The third kappa shape index (κ3) is 5.26. The van der Waals surface area contributed by atoms with Crippen LogP contribution in [0.2, 0.25) is 0 Å². The Labute approximate surface area is 169 Å². The smallest absolute Gasteiger partial charge is 0.351 e. The summed E-state index contributed by atoms with van der Waals surface area (Å²) in [4.78, 5) is 27.1. The fourth-order valence-electron chi connectivity index (χ4n) is 5.14. The van der Waals surface area contributed by atoms with Crippen LogP contribution in [0.4, 0.5) is 0 Å². The zero-order valence-corrected chi connectivity index (χ0v) is 17.9. The Morgan fingerprint density at radius 3 is 2.29 bits per heavy atom. The van der Waals surface area contributed by atoms with Crippen LogP contribution < -0.4 is 0 Å². The fraction of sp³-hybridized carbons (Fsp3) is 0.909. The van der Waals surface area contributed by atoms with Crippen molar-refractivity contribution in [2.24, 2.45) is 11.8 Å². The van der Waals surface area contributed by atoms with E-state index in [1.807, 2.05) is 20.8 Å². The SMILES string of the molecule is COC(=O)C1CCC(OC(C(=O)OC(C)(C)C)N2CC[C@H]3CCCC[C@H]32)CC1. The molecule has 3 atom stereocenters. The molecule has 2 saturated carbocycles. The molecule has 0 N–H and O–H groups in total.